The molecule has 0 amide bonds. The van der Waals surface area contributed by atoms with Gasteiger partial charge in [-0.1, -0.05) is 0 Å². The van der Waals surface area contributed by atoms with Crippen molar-refractivity contribution in [2.45, 2.75) is 24.5 Å². The summed E-state index contributed by atoms with van der Waals surface area (Å²) in [5.41, 5.74) is 0. The van der Waals surface area contributed by atoms with Crippen LogP contribution in [0.4, 0.5) is 4.39 Å². The molecule has 0 heterocycles. The molecule has 0 aromatic rings. The topological polar surface area (TPSA) is 98.0 Å². The van der Waals surface area contributed by atoms with Crippen molar-refractivity contribution in [1.82, 2.24) is 0 Å². The minimum absolute atomic E-state index is 0.0992. The normalized spacial score (nSPS) is 21.1. The lowest BCUT2D eigenvalue weighted by Gasteiger charge is -2.20. The summed E-state index contributed by atoms with van der Waals surface area (Å²) in [5.74, 6) is 0. The van der Waals surface area contributed by atoms with Crippen LogP contribution in [0.3, 0.4) is 0 Å². The number of halogens is 1. The van der Waals surface area contributed by atoms with Gasteiger partial charge in [0.15, 0.2) is 12.5 Å². The van der Waals surface area contributed by atoms with E-state index in [0.29, 0.717) is 0 Å². The van der Waals surface area contributed by atoms with Crippen molar-refractivity contribution in [3.63, 3.8) is 0 Å². The van der Waals surface area contributed by atoms with Crippen molar-refractivity contribution in [3.05, 3.63) is 0 Å². The van der Waals surface area contributed by atoms with Crippen molar-refractivity contribution >= 4 is 6.29 Å². The summed E-state index contributed by atoms with van der Waals surface area (Å²) in [6.45, 7) is -0.840. The number of aliphatic hydroxyl groups is 4. The van der Waals surface area contributed by atoms with Crippen LogP contribution >= 0.6 is 0 Å². The van der Waals surface area contributed by atoms with Gasteiger partial charge in [0.1, 0.15) is 18.3 Å². The third-order valence-electron chi connectivity index (χ3n) is 1.37. The summed E-state index contributed by atoms with van der Waals surface area (Å²) < 4.78 is 12.6. The second kappa shape index (κ2) is 5.15. The molecule has 0 aliphatic heterocycles. The van der Waals surface area contributed by atoms with Gasteiger partial charge in [0.25, 0.3) is 0 Å². The maximum absolute atomic E-state index is 12.6. The zero-order valence-electron chi connectivity index (χ0n) is 6.17. The van der Waals surface area contributed by atoms with E-state index in [1.165, 1.54) is 0 Å². The molecule has 0 saturated carbocycles. The standard InChI is InChI=1S/C6H11FO5/c7-5(3(10)1-8)6(12)4(11)2-9/h1,3-6,9-12H,2H2/t3-,4-,5-,6-/m0/s1. The van der Waals surface area contributed by atoms with Crippen molar-refractivity contribution in [1.29, 1.82) is 0 Å². The summed E-state index contributed by atoms with van der Waals surface area (Å²) in [6.07, 6.45) is -8.03. The molecule has 0 radical (unpaired) electrons. The van der Waals surface area contributed by atoms with E-state index in [9.17, 15) is 9.18 Å². The Kier molecular flexibility index (Phi) is 4.91. The van der Waals surface area contributed by atoms with Gasteiger partial charge in [0.05, 0.1) is 6.61 Å². The fourth-order valence-corrected chi connectivity index (χ4v) is 0.597. The van der Waals surface area contributed by atoms with E-state index >= 15 is 0 Å². The fourth-order valence-electron chi connectivity index (χ4n) is 0.597. The molecule has 0 rings (SSSR count). The molecule has 0 aromatic carbocycles. The predicted molar refractivity (Wildman–Crippen MR) is 36.1 cm³/mol. The van der Waals surface area contributed by atoms with Crippen LogP contribution in [0.1, 0.15) is 0 Å². The van der Waals surface area contributed by atoms with Gasteiger partial charge >= 0.3 is 0 Å². The highest BCUT2D eigenvalue weighted by molar-refractivity contribution is 5.56. The number of carbonyl (C=O) groups excluding carboxylic acids is 1. The zero-order chi connectivity index (χ0) is 9.72. The molecule has 5 nitrogen and oxygen atoms in total. The van der Waals surface area contributed by atoms with Crippen LogP contribution in [0.15, 0.2) is 0 Å². The Morgan fingerprint density at radius 1 is 1.33 bits per heavy atom. The lowest BCUT2D eigenvalue weighted by molar-refractivity contribution is -0.126. The van der Waals surface area contributed by atoms with Crippen LogP contribution in [-0.4, -0.2) is 57.8 Å². The summed E-state index contributed by atoms with van der Waals surface area (Å²) in [7, 11) is 0. The van der Waals surface area contributed by atoms with Gasteiger partial charge in [0, 0.05) is 0 Å². The van der Waals surface area contributed by atoms with Gasteiger partial charge in [-0.15, -0.1) is 0 Å². The van der Waals surface area contributed by atoms with Gasteiger partial charge in [-0.25, -0.2) is 4.39 Å². The highest BCUT2D eigenvalue weighted by Gasteiger charge is 2.31. The lowest BCUT2D eigenvalue weighted by atomic mass is 10.1. The molecule has 0 fully saturated rings. The molecule has 12 heavy (non-hydrogen) atoms. The fraction of sp³-hybridized carbons (Fsp3) is 0.833. The Hall–Kier alpha value is -0.560. The molecular weight excluding hydrogens is 171 g/mol. The van der Waals surface area contributed by atoms with E-state index in [2.05, 4.69) is 0 Å². The Labute approximate surface area is 68.1 Å². The first kappa shape index (κ1) is 11.4. The van der Waals surface area contributed by atoms with Gasteiger partial charge in [0.2, 0.25) is 0 Å². The van der Waals surface area contributed by atoms with E-state index in [1.807, 2.05) is 0 Å². The minimum atomic E-state index is -2.29. The summed E-state index contributed by atoms with van der Waals surface area (Å²) in [4.78, 5) is 9.82. The quantitative estimate of drug-likeness (QED) is 0.355. The maximum Gasteiger partial charge on any atom is 0.161 e. The van der Waals surface area contributed by atoms with E-state index in [1.54, 1.807) is 0 Å². The van der Waals surface area contributed by atoms with Crippen molar-refractivity contribution in [2.75, 3.05) is 6.61 Å². The minimum Gasteiger partial charge on any atom is -0.394 e. The first-order chi connectivity index (χ1) is 5.54. The summed E-state index contributed by atoms with van der Waals surface area (Å²) in [5, 5.41) is 34.3. The molecule has 0 unspecified atom stereocenters. The van der Waals surface area contributed by atoms with Crippen LogP contribution in [0.5, 0.6) is 0 Å². The van der Waals surface area contributed by atoms with E-state index in [0.717, 1.165) is 0 Å². The van der Waals surface area contributed by atoms with Gasteiger partial charge < -0.3 is 25.2 Å². The van der Waals surface area contributed by atoms with Crippen molar-refractivity contribution in [2.24, 2.45) is 0 Å². The number of alkyl halides is 1. The second-order valence-electron chi connectivity index (χ2n) is 2.31. The molecule has 0 bridgehead atoms. The number of hydrogen-bond donors (Lipinski definition) is 4. The van der Waals surface area contributed by atoms with Crippen molar-refractivity contribution < 1.29 is 29.6 Å². The SMILES string of the molecule is O=C[C@H](O)[C@H](F)[C@@H](O)[C@@H](O)CO. The van der Waals surface area contributed by atoms with Crippen LogP contribution in [0.2, 0.25) is 0 Å². The summed E-state index contributed by atoms with van der Waals surface area (Å²) in [6, 6.07) is 0. The first-order valence-electron chi connectivity index (χ1n) is 3.29. The molecule has 6 heteroatoms. The molecule has 0 aliphatic rings. The third-order valence-corrected chi connectivity index (χ3v) is 1.37. The Balaban J connectivity index is 4.07. The molecular formula is C6H11FO5. The zero-order valence-corrected chi connectivity index (χ0v) is 6.17. The van der Waals surface area contributed by atoms with Gasteiger partial charge in [-0.2, -0.15) is 0 Å². The molecule has 0 aliphatic carbocycles. The number of aliphatic hydroxyl groups excluding tert-OH is 4. The number of rotatable bonds is 5. The summed E-state index contributed by atoms with van der Waals surface area (Å²) >= 11 is 0. The Morgan fingerprint density at radius 3 is 2.17 bits per heavy atom. The highest BCUT2D eigenvalue weighted by atomic mass is 19.1. The third kappa shape index (κ3) is 2.82. The van der Waals surface area contributed by atoms with E-state index in [4.69, 9.17) is 20.4 Å². The van der Waals surface area contributed by atoms with Gasteiger partial charge in [-0.05, 0) is 0 Å². The van der Waals surface area contributed by atoms with E-state index < -0.39 is 31.1 Å². The van der Waals surface area contributed by atoms with Crippen LogP contribution < -0.4 is 0 Å². The van der Waals surface area contributed by atoms with Crippen LogP contribution in [0.25, 0.3) is 0 Å². The first-order valence-corrected chi connectivity index (χ1v) is 3.29. The van der Waals surface area contributed by atoms with Crippen LogP contribution in [0, 0.1) is 0 Å². The molecule has 4 atom stereocenters. The smallest absolute Gasteiger partial charge is 0.161 e. The average Bonchev–Trinajstić information content (AvgIpc) is 2.12. The highest BCUT2D eigenvalue weighted by Crippen LogP contribution is 2.07. The molecule has 0 aromatic heterocycles. The van der Waals surface area contributed by atoms with E-state index in [-0.39, 0.29) is 6.29 Å². The Bertz CT molecular complexity index is 142. The maximum atomic E-state index is 12.6. The molecule has 0 saturated heterocycles. The average molecular weight is 182 g/mol. The lowest BCUT2D eigenvalue weighted by Crippen LogP contribution is -2.43. The largest absolute Gasteiger partial charge is 0.394 e. The molecule has 0 spiro atoms. The molecule has 4 N–H and O–H groups in total. The number of aldehydes is 1. The predicted octanol–water partition coefficient (Wildman–Crippen LogP) is -2.40. The second-order valence-corrected chi connectivity index (χ2v) is 2.31. The monoisotopic (exact) mass is 182 g/mol. The number of hydrogen-bond acceptors (Lipinski definition) is 5. The van der Waals surface area contributed by atoms with Crippen LogP contribution in [-0.2, 0) is 4.79 Å². The number of carbonyl (C=O) groups is 1. The Morgan fingerprint density at radius 2 is 1.83 bits per heavy atom. The van der Waals surface area contributed by atoms with Gasteiger partial charge in [-0.3, -0.25) is 0 Å². The molecule has 72 valence electrons. The van der Waals surface area contributed by atoms with Crippen molar-refractivity contribution in [3.8, 4) is 0 Å².